The highest BCUT2D eigenvalue weighted by molar-refractivity contribution is 7.90. The molecule has 2 atom stereocenters. The summed E-state index contributed by atoms with van der Waals surface area (Å²) in [5.41, 5.74) is -5.24. The minimum absolute atomic E-state index is 0.0191. The summed E-state index contributed by atoms with van der Waals surface area (Å²) in [6.07, 6.45) is 1.74. The molecule has 0 radical (unpaired) electrons. The van der Waals surface area contributed by atoms with E-state index in [1.807, 2.05) is 6.92 Å². The van der Waals surface area contributed by atoms with Crippen LogP contribution >= 0.6 is 0 Å². The Balaban J connectivity index is 1.69. The molecular weight excluding hydrogens is 401 g/mol. The summed E-state index contributed by atoms with van der Waals surface area (Å²) in [4.78, 5) is 4.14. The summed E-state index contributed by atoms with van der Waals surface area (Å²) in [6.45, 7) is 4.04. The van der Waals surface area contributed by atoms with Crippen LogP contribution in [0.5, 0.6) is 0 Å². The van der Waals surface area contributed by atoms with E-state index in [1.54, 1.807) is 7.05 Å². The molecule has 12 heteroatoms. The van der Waals surface area contributed by atoms with Crippen LogP contribution in [-0.4, -0.2) is 82.8 Å². The Morgan fingerprint density at radius 2 is 2.00 bits per heavy atom. The molecule has 0 aromatic heterocycles. The van der Waals surface area contributed by atoms with Crippen LogP contribution in [0.1, 0.15) is 26.2 Å². The fourth-order valence-electron chi connectivity index (χ4n) is 3.14. The van der Waals surface area contributed by atoms with Crippen molar-refractivity contribution in [1.82, 2.24) is 14.9 Å². The molecule has 2 unspecified atom stereocenters. The van der Waals surface area contributed by atoms with E-state index in [1.165, 1.54) is 0 Å². The fourth-order valence-corrected chi connectivity index (χ4v) is 4.12. The largest absolute Gasteiger partial charge is 0.511 e. The summed E-state index contributed by atoms with van der Waals surface area (Å²) in [7, 11) is -3.60. The van der Waals surface area contributed by atoms with Crippen molar-refractivity contribution >= 4 is 16.0 Å². The van der Waals surface area contributed by atoms with Gasteiger partial charge in [-0.15, -0.1) is 0 Å². The predicted octanol–water partition coefficient (Wildman–Crippen LogP) is 0.907. The standard InChI is InChI=1S/C16H29F3N4O4S/c1-12(10-27-14-5-8-26-11-14)22-15(20-2)21-9-13-3-6-23(7-4-13)28(24,25)16(17,18)19/h12-14H,3-11H2,1-2H3,(H2,20,21,22). The summed E-state index contributed by atoms with van der Waals surface area (Å²) < 4.78 is 72.3. The zero-order valence-electron chi connectivity index (χ0n) is 16.2. The molecule has 0 bridgehead atoms. The molecule has 0 aromatic carbocycles. The van der Waals surface area contributed by atoms with Crippen molar-refractivity contribution in [3.63, 3.8) is 0 Å². The first kappa shape index (κ1) is 23.2. The maximum Gasteiger partial charge on any atom is 0.511 e. The van der Waals surface area contributed by atoms with Gasteiger partial charge in [0.1, 0.15) is 0 Å². The van der Waals surface area contributed by atoms with Gasteiger partial charge in [0.2, 0.25) is 0 Å². The highest BCUT2D eigenvalue weighted by atomic mass is 32.2. The molecule has 0 amide bonds. The third kappa shape index (κ3) is 6.46. The lowest BCUT2D eigenvalue weighted by Crippen LogP contribution is -2.48. The molecule has 2 aliphatic rings. The van der Waals surface area contributed by atoms with Crippen LogP contribution in [0.4, 0.5) is 13.2 Å². The first-order valence-electron chi connectivity index (χ1n) is 9.36. The van der Waals surface area contributed by atoms with Gasteiger partial charge in [-0.25, -0.2) is 8.42 Å². The topological polar surface area (TPSA) is 92.3 Å². The zero-order valence-corrected chi connectivity index (χ0v) is 17.0. The molecule has 8 nitrogen and oxygen atoms in total. The number of piperidine rings is 1. The van der Waals surface area contributed by atoms with E-state index >= 15 is 0 Å². The Morgan fingerprint density at radius 1 is 1.32 bits per heavy atom. The van der Waals surface area contributed by atoms with Crippen LogP contribution < -0.4 is 10.6 Å². The van der Waals surface area contributed by atoms with E-state index in [0.717, 1.165) is 13.0 Å². The Hall–Kier alpha value is -1.11. The third-order valence-electron chi connectivity index (χ3n) is 4.84. The minimum Gasteiger partial charge on any atom is -0.379 e. The van der Waals surface area contributed by atoms with Crippen LogP contribution in [0.2, 0.25) is 0 Å². The number of halogens is 3. The molecule has 0 saturated carbocycles. The van der Waals surface area contributed by atoms with E-state index in [9.17, 15) is 21.6 Å². The summed E-state index contributed by atoms with van der Waals surface area (Å²) in [5, 5.41) is 6.35. The Labute approximate surface area is 163 Å². The minimum atomic E-state index is -5.24. The second kappa shape index (κ2) is 10.1. The van der Waals surface area contributed by atoms with Gasteiger partial charge in [-0.05, 0) is 32.1 Å². The summed E-state index contributed by atoms with van der Waals surface area (Å²) in [6, 6.07) is 0.0191. The lowest BCUT2D eigenvalue weighted by molar-refractivity contribution is -0.0496. The van der Waals surface area contributed by atoms with Gasteiger partial charge in [0.05, 0.1) is 19.3 Å². The molecule has 2 rings (SSSR count). The normalized spacial score (nSPS) is 24.3. The molecule has 2 saturated heterocycles. The van der Waals surface area contributed by atoms with Crippen LogP contribution in [0.25, 0.3) is 0 Å². The van der Waals surface area contributed by atoms with E-state index in [2.05, 4.69) is 15.6 Å². The molecule has 28 heavy (non-hydrogen) atoms. The van der Waals surface area contributed by atoms with Crippen molar-refractivity contribution in [2.45, 2.75) is 43.8 Å². The van der Waals surface area contributed by atoms with Gasteiger partial charge in [-0.2, -0.15) is 17.5 Å². The lowest BCUT2D eigenvalue weighted by Gasteiger charge is -2.32. The molecule has 0 spiro atoms. The number of aliphatic imine (C=N–C) groups is 1. The number of sulfonamides is 1. The average Bonchev–Trinajstić information content (AvgIpc) is 3.16. The number of nitrogens with one attached hydrogen (secondary N) is 2. The van der Waals surface area contributed by atoms with Crippen molar-refractivity contribution in [3.05, 3.63) is 0 Å². The molecule has 164 valence electrons. The van der Waals surface area contributed by atoms with Gasteiger partial charge >= 0.3 is 15.5 Å². The smallest absolute Gasteiger partial charge is 0.379 e. The van der Waals surface area contributed by atoms with E-state index in [0.29, 0.717) is 42.9 Å². The number of nitrogens with zero attached hydrogens (tertiary/aromatic N) is 2. The van der Waals surface area contributed by atoms with Gasteiger partial charge in [0.25, 0.3) is 0 Å². The first-order chi connectivity index (χ1) is 13.1. The SMILES string of the molecule is CN=C(NCC1CCN(S(=O)(=O)C(F)(F)F)CC1)NC(C)COC1CCOC1. The van der Waals surface area contributed by atoms with Gasteiger partial charge < -0.3 is 20.1 Å². The van der Waals surface area contributed by atoms with Crippen molar-refractivity contribution < 1.29 is 31.1 Å². The first-order valence-corrected chi connectivity index (χ1v) is 10.8. The van der Waals surface area contributed by atoms with Gasteiger partial charge in [-0.3, -0.25) is 4.99 Å². The van der Waals surface area contributed by atoms with Crippen LogP contribution in [-0.2, 0) is 19.5 Å². The molecule has 2 aliphatic heterocycles. The second-order valence-electron chi connectivity index (χ2n) is 7.11. The monoisotopic (exact) mass is 430 g/mol. The van der Waals surface area contributed by atoms with Crippen molar-refractivity contribution in [3.8, 4) is 0 Å². The van der Waals surface area contributed by atoms with E-state index in [4.69, 9.17) is 9.47 Å². The van der Waals surface area contributed by atoms with Crippen molar-refractivity contribution in [2.75, 3.05) is 46.5 Å². The lowest BCUT2D eigenvalue weighted by atomic mass is 9.98. The average molecular weight is 430 g/mol. The molecule has 2 heterocycles. The molecular formula is C16H29F3N4O4S. The van der Waals surface area contributed by atoms with E-state index in [-0.39, 0.29) is 31.2 Å². The van der Waals surface area contributed by atoms with Crippen LogP contribution in [0, 0.1) is 5.92 Å². The summed E-state index contributed by atoms with van der Waals surface area (Å²) >= 11 is 0. The molecule has 2 fully saturated rings. The maximum atomic E-state index is 12.6. The number of hydrogen-bond acceptors (Lipinski definition) is 5. The zero-order chi connectivity index (χ0) is 20.8. The summed E-state index contributed by atoms with van der Waals surface area (Å²) in [5.74, 6) is 0.643. The van der Waals surface area contributed by atoms with Crippen molar-refractivity contribution in [1.29, 1.82) is 0 Å². The van der Waals surface area contributed by atoms with Gasteiger partial charge in [-0.1, -0.05) is 0 Å². The molecule has 0 aromatic rings. The highest BCUT2D eigenvalue weighted by Crippen LogP contribution is 2.30. The van der Waals surface area contributed by atoms with Crippen LogP contribution in [0.3, 0.4) is 0 Å². The third-order valence-corrected chi connectivity index (χ3v) is 6.47. The second-order valence-corrected chi connectivity index (χ2v) is 9.04. The Bertz CT molecular complexity index is 616. The quantitative estimate of drug-likeness (QED) is 0.461. The highest BCUT2D eigenvalue weighted by Gasteiger charge is 2.50. The number of alkyl halides is 3. The number of rotatable bonds is 7. The fraction of sp³-hybridized carbons (Fsp3) is 0.938. The maximum absolute atomic E-state index is 12.6. The number of ether oxygens (including phenoxy) is 2. The van der Waals surface area contributed by atoms with Gasteiger partial charge in [0, 0.05) is 39.3 Å². The molecule has 2 N–H and O–H groups in total. The van der Waals surface area contributed by atoms with Crippen molar-refractivity contribution in [2.24, 2.45) is 10.9 Å². The van der Waals surface area contributed by atoms with Gasteiger partial charge in [0.15, 0.2) is 5.96 Å². The molecule has 0 aliphatic carbocycles. The Kier molecular flexibility index (Phi) is 8.34. The van der Waals surface area contributed by atoms with E-state index < -0.39 is 15.5 Å². The predicted molar refractivity (Wildman–Crippen MR) is 98.4 cm³/mol. The van der Waals surface area contributed by atoms with Crippen LogP contribution in [0.15, 0.2) is 4.99 Å². The number of guanidine groups is 1. The number of hydrogen-bond donors (Lipinski definition) is 2. The Morgan fingerprint density at radius 3 is 2.54 bits per heavy atom.